The second kappa shape index (κ2) is 7.61. The van der Waals surface area contributed by atoms with Crippen LogP contribution in [0.1, 0.15) is 24.8 Å². The molecule has 1 aromatic heterocycles. The molecule has 1 aliphatic rings. The number of aliphatic carboxylic acids is 1. The van der Waals surface area contributed by atoms with Crippen LogP contribution in [-0.4, -0.2) is 56.8 Å². The summed E-state index contributed by atoms with van der Waals surface area (Å²) in [6.45, 7) is 1.20. The smallest absolute Gasteiger partial charge is 0.320 e. The summed E-state index contributed by atoms with van der Waals surface area (Å²) in [7, 11) is -3.81. The Morgan fingerprint density at radius 3 is 2.75 bits per heavy atom. The first-order valence-corrected chi connectivity index (χ1v) is 9.80. The lowest BCUT2D eigenvalue weighted by molar-refractivity contribution is -0.141. The number of carboxylic acids is 1. The fourth-order valence-corrected chi connectivity index (χ4v) is 5.33. The third-order valence-corrected chi connectivity index (χ3v) is 7.27. The maximum absolute atomic E-state index is 12.6. The summed E-state index contributed by atoms with van der Waals surface area (Å²) in [5.41, 5.74) is 6.07. The summed E-state index contributed by atoms with van der Waals surface area (Å²) in [6, 6.07) is 3.07. The summed E-state index contributed by atoms with van der Waals surface area (Å²) < 4.78 is 12.6. The highest BCUT2D eigenvalue weighted by Gasteiger charge is 2.56. The zero-order chi connectivity index (χ0) is 17.8. The van der Waals surface area contributed by atoms with Crippen molar-refractivity contribution in [3.8, 4) is 0 Å². The zero-order valence-corrected chi connectivity index (χ0v) is 14.4. The van der Waals surface area contributed by atoms with E-state index < -0.39 is 18.5 Å². The van der Waals surface area contributed by atoms with Gasteiger partial charge < -0.3 is 20.7 Å². The lowest BCUT2D eigenvalue weighted by Crippen LogP contribution is -2.53. The molecule has 2 rings (SSSR count). The van der Waals surface area contributed by atoms with Crippen LogP contribution in [0, 0.1) is 0 Å². The van der Waals surface area contributed by atoms with Crippen molar-refractivity contribution in [2.24, 2.45) is 5.73 Å². The number of unbranched alkanes of at least 4 members (excludes halogenated alkanes) is 1. The first-order valence-electron chi connectivity index (χ1n) is 7.96. The molecule has 1 fully saturated rings. The van der Waals surface area contributed by atoms with Gasteiger partial charge in [-0.15, -0.1) is 0 Å². The molecule has 24 heavy (non-hydrogen) atoms. The van der Waals surface area contributed by atoms with E-state index in [0.29, 0.717) is 32.5 Å². The van der Waals surface area contributed by atoms with Gasteiger partial charge in [0.05, 0.1) is 0 Å². The molecule has 2 unspecified atom stereocenters. The molecule has 8 nitrogen and oxygen atoms in total. The summed E-state index contributed by atoms with van der Waals surface area (Å²) in [5.74, 6) is -1.23. The molecule has 2 heterocycles. The molecule has 0 aliphatic carbocycles. The van der Waals surface area contributed by atoms with Gasteiger partial charge in [0, 0.05) is 38.1 Å². The molecule has 0 radical (unpaired) electrons. The van der Waals surface area contributed by atoms with Crippen LogP contribution in [0.5, 0.6) is 0 Å². The Kier molecular flexibility index (Phi) is 5.98. The number of H-pyrrole nitrogens is 1. The number of rotatable bonds is 7. The van der Waals surface area contributed by atoms with E-state index in [-0.39, 0.29) is 24.7 Å². The molecule has 0 bridgehead atoms. The van der Waals surface area contributed by atoms with Crippen molar-refractivity contribution in [1.82, 2.24) is 9.88 Å². The Morgan fingerprint density at radius 1 is 1.42 bits per heavy atom. The maximum Gasteiger partial charge on any atom is 0.320 e. The highest BCUT2D eigenvalue weighted by molar-refractivity contribution is 7.61. The van der Waals surface area contributed by atoms with Gasteiger partial charge in [-0.1, -0.05) is 12.5 Å². The summed E-state index contributed by atoms with van der Waals surface area (Å²) in [5, 5.41) is 8.06. The van der Waals surface area contributed by atoms with Crippen LogP contribution < -0.4 is 11.3 Å². The van der Waals surface area contributed by atoms with Gasteiger partial charge in [0.2, 0.25) is 12.9 Å². The molecular formula is C15H24N3O5P. The monoisotopic (exact) mass is 357 g/mol. The number of nitrogens with two attached hydrogens (primary N) is 1. The number of pyridine rings is 1. The first kappa shape index (κ1) is 18.9. The summed E-state index contributed by atoms with van der Waals surface area (Å²) in [6.07, 6.45) is 2.78. The van der Waals surface area contributed by atoms with Crippen molar-refractivity contribution >= 4 is 13.3 Å². The highest BCUT2D eigenvalue weighted by Crippen LogP contribution is 2.59. The van der Waals surface area contributed by atoms with Crippen molar-refractivity contribution in [2.45, 2.75) is 31.0 Å². The third-order valence-electron chi connectivity index (χ3n) is 4.57. The van der Waals surface area contributed by atoms with Crippen LogP contribution in [0.25, 0.3) is 0 Å². The van der Waals surface area contributed by atoms with E-state index >= 15 is 0 Å². The normalized spacial score (nSPS) is 27.9. The number of carbonyl (C=O) groups is 1. The van der Waals surface area contributed by atoms with E-state index in [2.05, 4.69) is 4.98 Å². The van der Waals surface area contributed by atoms with Gasteiger partial charge >= 0.3 is 5.97 Å². The standard InChI is InChI=1S/C15H24N3O5P/c16-6-2-1-5-15(14(20)21)11-18(7-8-24(15,22)23)10-12-3-4-13(19)17-9-12/h3-4,9H,1-2,5-8,10-11,16H2,(H,17,19)(H,20,21)(H,22,23). The van der Waals surface area contributed by atoms with Crippen molar-refractivity contribution in [2.75, 3.05) is 25.8 Å². The Hall–Kier alpha value is -1.47. The molecule has 0 aromatic carbocycles. The fourth-order valence-electron chi connectivity index (χ4n) is 3.12. The van der Waals surface area contributed by atoms with Gasteiger partial charge in [0.1, 0.15) is 0 Å². The topological polar surface area (TPSA) is 137 Å². The minimum Gasteiger partial charge on any atom is -0.480 e. The van der Waals surface area contributed by atoms with Gasteiger partial charge in [-0.05, 0) is 24.9 Å². The molecule has 2 atom stereocenters. The minimum atomic E-state index is -3.81. The van der Waals surface area contributed by atoms with E-state index in [1.54, 1.807) is 12.3 Å². The molecule has 0 spiro atoms. The Balaban J connectivity index is 2.19. The fraction of sp³-hybridized carbons (Fsp3) is 0.600. The van der Waals surface area contributed by atoms with Gasteiger partial charge in [-0.3, -0.25) is 19.1 Å². The first-order chi connectivity index (χ1) is 11.3. The molecule has 5 N–H and O–H groups in total. The van der Waals surface area contributed by atoms with Gasteiger partial charge in [-0.25, -0.2) is 0 Å². The van der Waals surface area contributed by atoms with Crippen LogP contribution in [0.15, 0.2) is 23.1 Å². The second-order valence-electron chi connectivity index (χ2n) is 6.28. The van der Waals surface area contributed by atoms with Crippen molar-refractivity contribution < 1.29 is 19.4 Å². The predicted octanol–water partition coefficient (Wildman–Crippen LogP) is 0.413. The highest BCUT2D eigenvalue weighted by atomic mass is 31.2. The molecule has 1 aromatic rings. The molecule has 1 saturated heterocycles. The summed E-state index contributed by atoms with van der Waals surface area (Å²) >= 11 is 0. The van der Waals surface area contributed by atoms with Crippen molar-refractivity contribution in [3.05, 3.63) is 34.2 Å². The Bertz CT molecular complexity index is 671. The average molecular weight is 357 g/mol. The predicted molar refractivity (Wildman–Crippen MR) is 90.3 cm³/mol. The van der Waals surface area contributed by atoms with E-state index in [0.717, 1.165) is 5.56 Å². The van der Waals surface area contributed by atoms with Crippen LogP contribution in [0.2, 0.25) is 0 Å². The van der Waals surface area contributed by atoms with Crippen molar-refractivity contribution in [1.29, 1.82) is 0 Å². The van der Waals surface area contributed by atoms with E-state index in [1.807, 2.05) is 4.90 Å². The maximum atomic E-state index is 12.6. The number of hydrogen-bond donors (Lipinski definition) is 4. The largest absolute Gasteiger partial charge is 0.480 e. The molecular weight excluding hydrogens is 333 g/mol. The van der Waals surface area contributed by atoms with E-state index in [9.17, 15) is 24.2 Å². The SMILES string of the molecule is NCCCCC1(C(=O)O)CN(Cc2ccc(=O)[nH]c2)CCP1(=O)O. The number of hydrogen-bond acceptors (Lipinski definition) is 5. The van der Waals surface area contributed by atoms with Crippen LogP contribution in [-0.2, 0) is 15.9 Å². The Labute approximate surface area is 140 Å². The second-order valence-corrected chi connectivity index (χ2v) is 8.99. The van der Waals surface area contributed by atoms with Crippen LogP contribution in [0.4, 0.5) is 0 Å². The molecule has 0 amide bonds. The lowest BCUT2D eigenvalue weighted by Gasteiger charge is -2.43. The van der Waals surface area contributed by atoms with Crippen LogP contribution >= 0.6 is 7.37 Å². The van der Waals surface area contributed by atoms with Gasteiger partial charge in [0.25, 0.3) is 0 Å². The molecule has 0 saturated carbocycles. The van der Waals surface area contributed by atoms with E-state index in [1.165, 1.54) is 6.07 Å². The zero-order valence-electron chi connectivity index (χ0n) is 13.5. The number of nitrogens with one attached hydrogen (secondary N) is 1. The average Bonchev–Trinajstić information content (AvgIpc) is 2.52. The number of aromatic amines is 1. The molecule has 134 valence electrons. The Morgan fingerprint density at radius 2 is 2.17 bits per heavy atom. The number of nitrogens with zero attached hydrogens (tertiary/aromatic N) is 1. The number of aromatic nitrogens is 1. The summed E-state index contributed by atoms with van der Waals surface area (Å²) in [4.78, 5) is 37.8. The van der Waals surface area contributed by atoms with Gasteiger partial charge in [0.15, 0.2) is 5.16 Å². The van der Waals surface area contributed by atoms with E-state index in [4.69, 9.17) is 5.73 Å². The van der Waals surface area contributed by atoms with Crippen LogP contribution in [0.3, 0.4) is 0 Å². The minimum absolute atomic E-state index is 0.0137. The molecule has 9 heteroatoms. The molecule has 1 aliphatic heterocycles. The number of carboxylic acid groups (broad SMARTS) is 1. The quantitative estimate of drug-likeness (QED) is 0.410. The van der Waals surface area contributed by atoms with Gasteiger partial charge in [-0.2, -0.15) is 0 Å². The lowest BCUT2D eigenvalue weighted by atomic mass is 9.99. The third kappa shape index (κ3) is 3.95. The van der Waals surface area contributed by atoms with Crippen molar-refractivity contribution in [3.63, 3.8) is 0 Å².